The zero-order valence-corrected chi connectivity index (χ0v) is 18.3. The van der Waals surface area contributed by atoms with E-state index in [2.05, 4.69) is 31.4 Å². The molecule has 0 aliphatic rings. The molecule has 3 aromatic rings. The Kier molecular flexibility index (Phi) is 6.80. The summed E-state index contributed by atoms with van der Waals surface area (Å²) in [7, 11) is 0. The van der Waals surface area contributed by atoms with Crippen LogP contribution in [0.1, 0.15) is 49.4 Å². The molecule has 0 aliphatic heterocycles. The van der Waals surface area contributed by atoms with Gasteiger partial charge in [-0.3, -0.25) is 9.59 Å². The maximum atomic E-state index is 12.5. The van der Waals surface area contributed by atoms with Crippen molar-refractivity contribution in [3.8, 4) is 5.75 Å². The second-order valence-corrected chi connectivity index (χ2v) is 8.36. The van der Waals surface area contributed by atoms with Gasteiger partial charge >= 0.3 is 0 Å². The molecule has 2 aromatic carbocycles. The number of furan rings is 1. The normalized spacial score (nSPS) is 12.1. The average molecular weight is 421 g/mol. The quantitative estimate of drug-likeness (QED) is 0.569. The van der Waals surface area contributed by atoms with Gasteiger partial charge in [-0.2, -0.15) is 0 Å². The van der Waals surface area contributed by atoms with Crippen LogP contribution in [0, 0.1) is 0 Å². The van der Waals surface area contributed by atoms with Crippen LogP contribution >= 0.6 is 0 Å². The van der Waals surface area contributed by atoms with Crippen molar-refractivity contribution in [3.63, 3.8) is 0 Å². The largest absolute Gasteiger partial charge is 0.481 e. The van der Waals surface area contributed by atoms with Crippen LogP contribution in [0.5, 0.6) is 5.75 Å². The maximum Gasteiger partial charge on any atom is 0.265 e. The summed E-state index contributed by atoms with van der Waals surface area (Å²) in [6, 6.07) is 18.0. The van der Waals surface area contributed by atoms with Crippen molar-refractivity contribution in [1.82, 2.24) is 5.32 Å². The first-order chi connectivity index (χ1) is 14.7. The molecule has 3 rings (SSSR count). The lowest BCUT2D eigenvalue weighted by atomic mass is 9.87. The van der Waals surface area contributed by atoms with Gasteiger partial charge in [0.15, 0.2) is 6.10 Å². The molecule has 6 nitrogen and oxygen atoms in total. The molecule has 0 fully saturated rings. The van der Waals surface area contributed by atoms with Gasteiger partial charge in [0.25, 0.3) is 11.8 Å². The number of amides is 2. The van der Waals surface area contributed by atoms with Crippen LogP contribution in [0.3, 0.4) is 0 Å². The van der Waals surface area contributed by atoms with Gasteiger partial charge in [0, 0.05) is 11.3 Å². The van der Waals surface area contributed by atoms with E-state index in [9.17, 15) is 9.59 Å². The van der Waals surface area contributed by atoms with Crippen molar-refractivity contribution in [2.75, 3.05) is 5.32 Å². The summed E-state index contributed by atoms with van der Waals surface area (Å²) in [4.78, 5) is 24.7. The lowest BCUT2D eigenvalue weighted by Crippen LogP contribution is -2.30. The van der Waals surface area contributed by atoms with Gasteiger partial charge in [0.05, 0.1) is 12.8 Å². The number of ether oxygens (including phenoxy) is 1. The highest BCUT2D eigenvalue weighted by atomic mass is 16.5. The first-order valence-electron chi connectivity index (χ1n) is 10.2. The van der Waals surface area contributed by atoms with Crippen molar-refractivity contribution < 1.29 is 18.7 Å². The lowest BCUT2D eigenvalue weighted by Gasteiger charge is -2.20. The van der Waals surface area contributed by atoms with Crippen LogP contribution in [0.15, 0.2) is 71.3 Å². The van der Waals surface area contributed by atoms with Crippen LogP contribution in [0.4, 0.5) is 5.69 Å². The Bertz CT molecular complexity index is 1000. The third-order valence-corrected chi connectivity index (χ3v) is 4.82. The maximum absolute atomic E-state index is 12.5. The van der Waals surface area contributed by atoms with E-state index < -0.39 is 6.10 Å². The molecule has 2 N–H and O–H groups in total. The van der Waals surface area contributed by atoms with Crippen LogP contribution in [-0.4, -0.2) is 17.9 Å². The number of anilines is 1. The Morgan fingerprint density at radius 2 is 1.68 bits per heavy atom. The number of hydrogen-bond acceptors (Lipinski definition) is 4. The number of carbonyl (C=O) groups excluding carboxylic acids is 2. The summed E-state index contributed by atoms with van der Waals surface area (Å²) >= 11 is 0. The predicted molar refractivity (Wildman–Crippen MR) is 120 cm³/mol. The second kappa shape index (κ2) is 9.51. The summed E-state index contributed by atoms with van der Waals surface area (Å²) in [6.45, 7) is 8.45. The van der Waals surface area contributed by atoms with Crippen molar-refractivity contribution in [2.45, 2.75) is 45.8 Å². The van der Waals surface area contributed by atoms with Gasteiger partial charge in [-0.1, -0.05) is 32.9 Å². The first kappa shape index (κ1) is 22.2. The summed E-state index contributed by atoms with van der Waals surface area (Å²) < 4.78 is 11.0. The van der Waals surface area contributed by atoms with Crippen molar-refractivity contribution >= 4 is 17.5 Å². The van der Waals surface area contributed by atoms with Crippen LogP contribution < -0.4 is 15.4 Å². The molecule has 31 heavy (non-hydrogen) atoms. The van der Waals surface area contributed by atoms with Crippen molar-refractivity contribution in [1.29, 1.82) is 0 Å². The number of hydrogen-bond donors (Lipinski definition) is 2. The Balaban J connectivity index is 1.51. The molecule has 162 valence electrons. The molecule has 0 saturated carbocycles. The van der Waals surface area contributed by atoms with Gasteiger partial charge in [0.1, 0.15) is 11.5 Å². The highest BCUT2D eigenvalue weighted by Crippen LogP contribution is 2.24. The topological polar surface area (TPSA) is 80.6 Å². The molecular weight excluding hydrogens is 392 g/mol. The molecule has 2 amide bonds. The van der Waals surface area contributed by atoms with Gasteiger partial charge in [-0.05, 0) is 66.4 Å². The summed E-state index contributed by atoms with van der Waals surface area (Å²) in [5.41, 5.74) is 2.34. The van der Waals surface area contributed by atoms with E-state index in [1.54, 1.807) is 49.6 Å². The summed E-state index contributed by atoms with van der Waals surface area (Å²) in [5, 5.41) is 5.59. The van der Waals surface area contributed by atoms with E-state index in [1.165, 1.54) is 5.56 Å². The zero-order chi connectivity index (χ0) is 22.4. The van der Waals surface area contributed by atoms with E-state index in [1.807, 2.05) is 24.3 Å². The number of nitrogens with one attached hydrogen (secondary N) is 2. The van der Waals surface area contributed by atoms with Gasteiger partial charge in [0.2, 0.25) is 0 Å². The first-order valence-corrected chi connectivity index (χ1v) is 10.2. The highest BCUT2D eigenvalue weighted by molar-refractivity contribution is 5.96. The van der Waals surface area contributed by atoms with Crippen LogP contribution in [-0.2, 0) is 16.8 Å². The van der Waals surface area contributed by atoms with Gasteiger partial charge < -0.3 is 19.8 Å². The number of carbonyl (C=O) groups is 2. The fraction of sp³-hybridized carbons (Fsp3) is 0.280. The highest BCUT2D eigenvalue weighted by Gasteiger charge is 2.17. The zero-order valence-electron chi connectivity index (χ0n) is 18.3. The Hall–Kier alpha value is -3.54. The average Bonchev–Trinajstić information content (AvgIpc) is 3.26. The fourth-order valence-electron chi connectivity index (χ4n) is 2.92. The van der Waals surface area contributed by atoms with Gasteiger partial charge in [-0.25, -0.2) is 0 Å². The minimum Gasteiger partial charge on any atom is -0.481 e. The lowest BCUT2D eigenvalue weighted by molar-refractivity contribution is -0.122. The van der Waals surface area contributed by atoms with Crippen LogP contribution in [0.25, 0.3) is 0 Å². The van der Waals surface area contributed by atoms with Crippen molar-refractivity contribution in [3.05, 3.63) is 83.8 Å². The monoisotopic (exact) mass is 420 g/mol. The number of benzene rings is 2. The molecule has 1 unspecified atom stereocenters. The minimum absolute atomic E-state index is 0.0589. The van der Waals surface area contributed by atoms with Crippen LogP contribution in [0.2, 0.25) is 0 Å². The third kappa shape index (κ3) is 6.22. The van der Waals surface area contributed by atoms with E-state index in [4.69, 9.17) is 9.15 Å². The summed E-state index contributed by atoms with van der Waals surface area (Å²) in [6.07, 6.45) is 0.890. The number of rotatable bonds is 7. The van der Waals surface area contributed by atoms with Gasteiger partial charge in [-0.15, -0.1) is 0 Å². The Labute approximate surface area is 182 Å². The Morgan fingerprint density at radius 1 is 1.00 bits per heavy atom. The van der Waals surface area contributed by atoms with E-state index in [0.717, 1.165) is 0 Å². The third-order valence-electron chi connectivity index (χ3n) is 4.82. The molecule has 1 heterocycles. The molecular formula is C25H28N2O4. The summed E-state index contributed by atoms with van der Waals surface area (Å²) in [5.74, 6) is 0.832. The Morgan fingerprint density at radius 3 is 2.26 bits per heavy atom. The molecule has 1 atom stereocenters. The molecule has 0 bridgehead atoms. The van der Waals surface area contributed by atoms with E-state index in [0.29, 0.717) is 29.3 Å². The molecule has 0 spiro atoms. The molecule has 0 aliphatic carbocycles. The standard InChI is InChI=1S/C25H28N2O4/c1-17(31-21-13-9-19(10-14-21)25(2,3)4)23(28)27-20-11-7-18(8-12-20)24(29)26-16-22-6-5-15-30-22/h5-15,17H,16H2,1-4H3,(H,26,29)(H,27,28). The molecule has 1 aromatic heterocycles. The minimum atomic E-state index is -0.670. The molecule has 6 heteroatoms. The fourth-order valence-corrected chi connectivity index (χ4v) is 2.92. The van der Waals surface area contributed by atoms with E-state index >= 15 is 0 Å². The predicted octanol–water partition coefficient (Wildman–Crippen LogP) is 4.91. The second-order valence-electron chi connectivity index (χ2n) is 8.36. The van der Waals surface area contributed by atoms with Crippen molar-refractivity contribution in [2.24, 2.45) is 0 Å². The molecule has 0 radical (unpaired) electrons. The van der Waals surface area contributed by atoms with E-state index in [-0.39, 0.29) is 17.2 Å². The molecule has 0 saturated heterocycles. The smallest absolute Gasteiger partial charge is 0.265 e. The SMILES string of the molecule is CC(Oc1ccc(C(C)(C)C)cc1)C(=O)Nc1ccc(C(=O)NCc2ccco2)cc1.